The van der Waals surface area contributed by atoms with Gasteiger partial charge < -0.3 is 18.9 Å². The number of hydrogen-bond donors (Lipinski definition) is 0. The van der Waals surface area contributed by atoms with E-state index >= 15 is 0 Å². The van der Waals surface area contributed by atoms with Crippen LogP contribution in [0, 0.1) is 13.8 Å². The minimum Gasteiger partial charge on any atom is -0.353 e. The second-order valence-electron chi connectivity index (χ2n) is 9.61. The van der Waals surface area contributed by atoms with Gasteiger partial charge in [-0.3, -0.25) is 8.37 Å². The number of fused-ring (bicyclic) bond motifs is 1. The Morgan fingerprint density at radius 3 is 1.75 bits per heavy atom. The second-order valence-corrected chi connectivity index (χ2v) is 12.8. The summed E-state index contributed by atoms with van der Waals surface area (Å²) in [5.74, 6) is 0. The molecule has 2 aliphatic rings. The van der Waals surface area contributed by atoms with Gasteiger partial charge in [-0.15, -0.1) is 0 Å². The van der Waals surface area contributed by atoms with E-state index < -0.39 is 57.2 Å². The Morgan fingerprint density at radius 1 is 0.700 bits per heavy atom. The molecule has 10 nitrogen and oxygen atoms in total. The molecule has 0 radical (unpaired) electrons. The molecule has 2 aliphatic heterocycles. The number of aryl methyl sites for hydroxylation is 2. The number of ether oxygens (including phenoxy) is 4. The predicted octanol–water partition coefficient (Wildman–Crippen LogP) is 3.64. The van der Waals surface area contributed by atoms with Crippen molar-refractivity contribution in [3.05, 3.63) is 95.6 Å². The van der Waals surface area contributed by atoms with Crippen molar-refractivity contribution >= 4 is 20.2 Å². The molecule has 0 N–H and O–H groups in total. The van der Waals surface area contributed by atoms with Crippen LogP contribution in [0.4, 0.5) is 0 Å². The maximum absolute atomic E-state index is 13.5. The summed E-state index contributed by atoms with van der Waals surface area (Å²) in [6.07, 6.45) is -7.17. The second kappa shape index (κ2) is 11.7. The fourth-order valence-corrected chi connectivity index (χ4v) is 6.71. The van der Waals surface area contributed by atoms with E-state index in [4.69, 9.17) is 27.3 Å². The highest BCUT2D eigenvalue weighted by Crippen LogP contribution is 2.38. The Bertz CT molecular complexity index is 1510. The van der Waals surface area contributed by atoms with Crippen LogP contribution < -0.4 is 0 Å². The van der Waals surface area contributed by atoms with Crippen LogP contribution in [0.1, 0.15) is 23.0 Å². The van der Waals surface area contributed by atoms with Gasteiger partial charge in [0.05, 0.1) is 16.4 Å². The highest BCUT2D eigenvalue weighted by molar-refractivity contribution is 7.87. The number of benzene rings is 3. The van der Waals surface area contributed by atoms with Gasteiger partial charge in [0.2, 0.25) is 0 Å². The molecule has 6 atom stereocenters. The van der Waals surface area contributed by atoms with Gasteiger partial charge in [0.25, 0.3) is 20.2 Å². The zero-order valence-corrected chi connectivity index (χ0v) is 23.7. The van der Waals surface area contributed by atoms with Crippen molar-refractivity contribution in [3.63, 3.8) is 0 Å². The Kier molecular flexibility index (Phi) is 8.41. The molecule has 2 saturated heterocycles. The molecule has 0 bridgehead atoms. The number of rotatable bonds is 8. The van der Waals surface area contributed by atoms with Crippen LogP contribution >= 0.6 is 0 Å². The van der Waals surface area contributed by atoms with Gasteiger partial charge in [0.15, 0.2) is 18.7 Å². The van der Waals surface area contributed by atoms with E-state index in [1.54, 1.807) is 36.4 Å². The molecule has 2 heterocycles. The normalized spacial score (nSPS) is 27.2. The third kappa shape index (κ3) is 6.14. The van der Waals surface area contributed by atoms with Crippen molar-refractivity contribution in [1.82, 2.24) is 0 Å². The molecule has 12 heteroatoms. The Labute approximate surface area is 234 Å². The summed E-state index contributed by atoms with van der Waals surface area (Å²) in [5.41, 5.74) is 2.39. The highest BCUT2D eigenvalue weighted by atomic mass is 32.2. The van der Waals surface area contributed by atoms with Gasteiger partial charge in [-0.25, -0.2) is 0 Å². The van der Waals surface area contributed by atoms with Crippen LogP contribution in [0.15, 0.2) is 88.7 Å². The van der Waals surface area contributed by atoms with Crippen molar-refractivity contribution in [2.75, 3.05) is 13.7 Å². The van der Waals surface area contributed by atoms with Gasteiger partial charge in [0.1, 0.15) is 18.3 Å². The maximum atomic E-state index is 13.5. The van der Waals surface area contributed by atoms with E-state index in [0.29, 0.717) is 5.56 Å². The smallest absolute Gasteiger partial charge is 0.297 e. The Balaban J connectivity index is 1.53. The maximum Gasteiger partial charge on any atom is 0.297 e. The highest BCUT2D eigenvalue weighted by Gasteiger charge is 2.54. The van der Waals surface area contributed by atoms with Gasteiger partial charge in [-0.05, 0) is 38.1 Å². The summed E-state index contributed by atoms with van der Waals surface area (Å²) in [5, 5.41) is 0. The lowest BCUT2D eigenvalue weighted by atomic mass is 9.98. The SMILES string of the molecule is COC1OC2COC(c3ccccc3)O[C@H]2[C@H](OS(=O)(=O)c2ccc(C)cc2)[C@H]1OS(=O)(=O)c1ccc(C)cc1. The van der Waals surface area contributed by atoms with Gasteiger partial charge in [0, 0.05) is 12.7 Å². The van der Waals surface area contributed by atoms with Crippen molar-refractivity contribution in [2.24, 2.45) is 0 Å². The van der Waals surface area contributed by atoms with Gasteiger partial charge in [-0.2, -0.15) is 16.8 Å². The third-order valence-electron chi connectivity index (χ3n) is 6.68. The van der Waals surface area contributed by atoms with Crippen LogP contribution in [0.25, 0.3) is 0 Å². The van der Waals surface area contributed by atoms with Crippen LogP contribution in [0.3, 0.4) is 0 Å². The average molecular weight is 591 g/mol. The Morgan fingerprint density at radius 2 is 1.23 bits per heavy atom. The molecule has 5 rings (SSSR count). The van der Waals surface area contributed by atoms with Crippen LogP contribution in [0.5, 0.6) is 0 Å². The molecule has 3 unspecified atom stereocenters. The lowest BCUT2D eigenvalue weighted by Gasteiger charge is -2.47. The summed E-state index contributed by atoms with van der Waals surface area (Å²) in [4.78, 5) is -0.229. The molecule has 0 spiro atoms. The van der Waals surface area contributed by atoms with E-state index in [1.807, 2.05) is 32.0 Å². The molecule has 0 aromatic heterocycles. The quantitative estimate of drug-likeness (QED) is 0.359. The topological polar surface area (TPSA) is 124 Å². The van der Waals surface area contributed by atoms with Crippen LogP contribution in [0.2, 0.25) is 0 Å². The molecule has 3 aromatic rings. The Hall–Kier alpha value is -2.68. The number of hydrogen-bond acceptors (Lipinski definition) is 10. The fraction of sp³-hybridized carbons (Fsp3) is 0.357. The lowest BCUT2D eigenvalue weighted by Crippen LogP contribution is -2.64. The van der Waals surface area contributed by atoms with Crippen LogP contribution in [-0.4, -0.2) is 61.3 Å². The van der Waals surface area contributed by atoms with E-state index in [-0.39, 0.29) is 16.4 Å². The summed E-state index contributed by atoms with van der Waals surface area (Å²) < 4.78 is 88.4. The van der Waals surface area contributed by atoms with E-state index in [0.717, 1.165) is 11.1 Å². The molecule has 0 amide bonds. The van der Waals surface area contributed by atoms with E-state index in [9.17, 15) is 16.8 Å². The largest absolute Gasteiger partial charge is 0.353 e. The third-order valence-corrected chi connectivity index (χ3v) is 9.33. The van der Waals surface area contributed by atoms with Crippen molar-refractivity contribution < 1.29 is 44.1 Å². The summed E-state index contributed by atoms with van der Waals surface area (Å²) in [6, 6.07) is 21.2. The molecule has 0 saturated carbocycles. The predicted molar refractivity (Wildman–Crippen MR) is 142 cm³/mol. The summed E-state index contributed by atoms with van der Waals surface area (Å²) in [6.45, 7) is 3.65. The first-order valence-corrected chi connectivity index (χ1v) is 15.4. The zero-order valence-electron chi connectivity index (χ0n) is 22.1. The number of methoxy groups -OCH3 is 1. The van der Waals surface area contributed by atoms with Gasteiger partial charge >= 0.3 is 0 Å². The van der Waals surface area contributed by atoms with Gasteiger partial charge in [-0.1, -0.05) is 65.7 Å². The molecule has 0 aliphatic carbocycles. The monoisotopic (exact) mass is 590 g/mol. The average Bonchev–Trinajstić information content (AvgIpc) is 2.94. The first kappa shape index (κ1) is 28.8. The van der Waals surface area contributed by atoms with Crippen molar-refractivity contribution in [3.8, 4) is 0 Å². The molecule has 214 valence electrons. The van der Waals surface area contributed by atoms with Crippen LogP contribution in [-0.2, 0) is 47.5 Å². The minimum atomic E-state index is -4.41. The van der Waals surface area contributed by atoms with E-state index in [1.165, 1.54) is 31.4 Å². The van der Waals surface area contributed by atoms with Crippen molar-refractivity contribution in [2.45, 2.75) is 60.6 Å². The minimum absolute atomic E-state index is 0.00591. The lowest BCUT2D eigenvalue weighted by molar-refractivity contribution is -0.351. The molecule has 2 fully saturated rings. The molecule has 40 heavy (non-hydrogen) atoms. The molecular weight excluding hydrogens is 560 g/mol. The van der Waals surface area contributed by atoms with E-state index in [2.05, 4.69) is 0 Å². The summed E-state index contributed by atoms with van der Waals surface area (Å²) >= 11 is 0. The fourth-order valence-electron chi connectivity index (χ4n) is 4.54. The molecular formula is C28H30O10S2. The standard InChI is InChI=1S/C28H30O10S2/c1-18-9-13-21(14-10-18)39(29,30)37-25-24-23(17-34-27(36-24)20-7-5-4-6-8-20)35-28(33-3)26(25)38-40(31,32)22-15-11-19(2)12-16-22/h4-16,23-28H,17H2,1-3H3/t23?,24-,25+,26-,27?,28?/m1/s1. The first-order chi connectivity index (χ1) is 19.1. The zero-order chi connectivity index (χ0) is 28.5. The first-order valence-electron chi connectivity index (χ1n) is 12.6. The van der Waals surface area contributed by atoms with Crippen molar-refractivity contribution in [1.29, 1.82) is 0 Å². The summed E-state index contributed by atoms with van der Waals surface area (Å²) in [7, 11) is -7.52. The molecule has 3 aromatic carbocycles.